The molecule has 2 aromatic rings. The van der Waals surface area contributed by atoms with Crippen molar-refractivity contribution in [3.63, 3.8) is 0 Å². The fraction of sp³-hybridized carbons (Fsp3) is 0.417. The minimum absolute atomic E-state index is 0.170. The Bertz CT molecular complexity index is 835. The number of hydrogen-bond acceptors (Lipinski definition) is 3. The molecule has 0 bridgehead atoms. The van der Waals surface area contributed by atoms with Crippen molar-refractivity contribution in [2.75, 3.05) is 11.5 Å². The fourth-order valence-electron chi connectivity index (χ4n) is 3.98. The predicted octanol–water partition coefficient (Wildman–Crippen LogP) is 6.10. The Morgan fingerprint density at radius 2 is 1.63 bits per heavy atom. The Kier molecular flexibility index (Phi) is 8.39. The van der Waals surface area contributed by atoms with Crippen molar-refractivity contribution >= 4 is 17.7 Å². The summed E-state index contributed by atoms with van der Waals surface area (Å²) in [5, 5.41) is 9.11. The number of hydrogen-bond donors (Lipinski definition) is 1. The van der Waals surface area contributed by atoms with Gasteiger partial charge >= 0.3 is 12.1 Å². The molecule has 2 rings (SSSR count). The normalized spacial score (nSPS) is 13.9. The Morgan fingerprint density at radius 3 is 2.13 bits per heavy atom. The molecule has 3 atom stereocenters. The van der Waals surface area contributed by atoms with E-state index < -0.39 is 12.1 Å². The molecule has 2 aromatic carbocycles. The number of anilines is 1. The van der Waals surface area contributed by atoms with E-state index >= 15 is 0 Å². The standard InChI is InChI=1S/C24H30FNO4/c1-5-22(18-7-9-19(10-8-18)23(27)28)16(3)15-17(4)26(24(29)30-6-2)21-13-11-20(25)12-14-21/h7-14,16-17,22H,5-6,15H2,1-4H3,(H,27,28). The van der Waals surface area contributed by atoms with Crippen LogP contribution in [0.5, 0.6) is 0 Å². The fourth-order valence-corrected chi connectivity index (χ4v) is 3.98. The minimum Gasteiger partial charge on any atom is -0.478 e. The van der Waals surface area contributed by atoms with Crippen LogP contribution in [0.2, 0.25) is 0 Å². The van der Waals surface area contributed by atoms with E-state index in [1.807, 2.05) is 19.1 Å². The average molecular weight is 416 g/mol. The first-order valence-corrected chi connectivity index (χ1v) is 10.3. The number of amides is 1. The highest BCUT2D eigenvalue weighted by molar-refractivity contribution is 5.88. The molecule has 1 N–H and O–H groups in total. The molecule has 0 aliphatic carbocycles. The molecule has 0 heterocycles. The molecule has 0 fully saturated rings. The van der Waals surface area contributed by atoms with Crippen molar-refractivity contribution in [2.45, 2.75) is 52.5 Å². The van der Waals surface area contributed by atoms with Crippen molar-refractivity contribution in [1.82, 2.24) is 0 Å². The number of carboxylic acids is 1. The molecular formula is C24H30FNO4. The summed E-state index contributed by atoms with van der Waals surface area (Å²) in [5.41, 5.74) is 1.93. The third-order valence-electron chi connectivity index (χ3n) is 5.44. The molecule has 3 unspecified atom stereocenters. The van der Waals surface area contributed by atoms with Crippen molar-refractivity contribution < 1.29 is 23.8 Å². The third kappa shape index (κ3) is 5.81. The number of ether oxygens (including phenoxy) is 1. The van der Waals surface area contributed by atoms with Gasteiger partial charge in [0.1, 0.15) is 5.82 Å². The Hall–Kier alpha value is -2.89. The summed E-state index contributed by atoms with van der Waals surface area (Å²) in [6.45, 7) is 8.19. The van der Waals surface area contributed by atoms with Gasteiger partial charge in [0.05, 0.1) is 12.2 Å². The van der Waals surface area contributed by atoms with Gasteiger partial charge in [0.15, 0.2) is 0 Å². The van der Waals surface area contributed by atoms with Gasteiger partial charge in [-0.1, -0.05) is 26.0 Å². The first kappa shape index (κ1) is 23.4. The number of carboxylic acid groups (broad SMARTS) is 1. The summed E-state index contributed by atoms with van der Waals surface area (Å²) in [6, 6.07) is 12.6. The van der Waals surface area contributed by atoms with E-state index in [9.17, 15) is 14.0 Å². The number of aromatic carboxylic acids is 1. The molecule has 0 spiro atoms. The van der Waals surface area contributed by atoms with Crippen LogP contribution in [0.4, 0.5) is 14.9 Å². The van der Waals surface area contributed by atoms with Crippen LogP contribution >= 0.6 is 0 Å². The number of halogens is 1. The van der Waals surface area contributed by atoms with Crippen LogP contribution < -0.4 is 4.90 Å². The van der Waals surface area contributed by atoms with Crippen LogP contribution in [0.15, 0.2) is 48.5 Å². The van der Waals surface area contributed by atoms with E-state index in [0.29, 0.717) is 12.1 Å². The smallest absolute Gasteiger partial charge is 0.414 e. The highest BCUT2D eigenvalue weighted by atomic mass is 19.1. The van der Waals surface area contributed by atoms with Gasteiger partial charge in [-0.15, -0.1) is 0 Å². The highest BCUT2D eigenvalue weighted by Crippen LogP contribution is 2.33. The van der Waals surface area contributed by atoms with E-state index in [1.165, 1.54) is 12.1 Å². The lowest BCUT2D eigenvalue weighted by molar-refractivity contribution is 0.0696. The summed E-state index contributed by atoms with van der Waals surface area (Å²) in [5.74, 6) is -0.870. The zero-order chi connectivity index (χ0) is 22.3. The van der Waals surface area contributed by atoms with Crippen LogP contribution in [0, 0.1) is 11.7 Å². The molecule has 162 valence electrons. The van der Waals surface area contributed by atoms with Gasteiger partial charge < -0.3 is 9.84 Å². The number of rotatable bonds is 9. The van der Waals surface area contributed by atoms with Gasteiger partial charge in [-0.3, -0.25) is 4.90 Å². The van der Waals surface area contributed by atoms with Gasteiger partial charge in [-0.2, -0.15) is 0 Å². The number of carbonyl (C=O) groups excluding carboxylic acids is 1. The molecule has 6 heteroatoms. The Morgan fingerprint density at radius 1 is 1.03 bits per heavy atom. The molecule has 30 heavy (non-hydrogen) atoms. The summed E-state index contributed by atoms with van der Waals surface area (Å²) in [6.07, 6.45) is 1.13. The molecule has 5 nitrogen and oxygen atoms in total. The van der Waals surface area contributed by atoms with Crippen molar-refractivity contribution in [2.24, 2.45) is 5.92 Å². The second kappa shape index (κ2) is 10.8. The van der Waals surface area contributed by atoms with Crippen LogP contribution in [0.25, 0.3) is 0 Å². The lowest BCUT2D eigenvalue weighted by atomic mass is 9.81. The van der Waals surface area contributed by atoms with Crippen LogP contribution in [0.3, 0.4) is 0 Å². The first-order valence-electron chi connectivity index (χ1n) is 10.3. The van der Waals surface area contributed by atoms with Gasteiger partial charge in [0.25, 0.3) is 0 Å². The topological polar surface area (TPSA) is 66.8 Å². The van der Waals surface area contributed by atoms with Gasteiger partial charge in [0.2, 0.25) is 0 Å². The largest absolute Gasteiger partial charge is 0.478 e. The average Bonchev–Trinajstić information content (AvgIpc) is 2.70. The van der Waals surface area contributed by atoms with Crippen molar-refractivity contribution in [3.8, 4) is 0 Å². The number of carbonyl (C=O) groups is 2. The zero-order valence-electron chi connectivity index (χ0n) is 18.0. The minimum atomic E-state index is -0.944. The van der Waals surface area contributed by atoms with Crippen LogP contribution in [0.1, 0.15) is 62.4 Å². The SMILES string of the molecule is CCOC(=O)N(c1ccc(F)cc1)C(C)CC(C)C(CC)c1ccc(C(=O)O)cc1. The maximum Gasteiger partial charge on any atom is 0.414 e. The van der Waals surface area contributed by atoms with Crippen molar-refractivity contribution in [3.05, 3.63) is 65.5 Å². The number of benzene rings is 2. The van der Waals surface area contributed by atoms with E-state index in [4.69, 9.17) is 9.84 Å². The van der Waals surface area contributed by atoms with E-state index in [-0.39, 0.29) is 35.9 Å². The zero-order valence-corrected chi connectivity index (χ0v) is 18.0. The van der Waals surface area contributed by atoms with Crippen LogP contribution in [-0.4, -0.2) is 29.8 Å². The second-order valence-corrected chi connectivity index (χ2v) is 7.55. The predicted molar refractivity (Wildman–Crippen MR) is 116 cm³/mol. The maximum atomic E-state index is 13.4. The molecular weight excluding hydrogens is 385 g/mol. The molecule has 0 aliphatic heterocycles. The summed E-state index contributed by atoms with van der Waals surface area (Å²) in [4.78, 5) is 25.3. The monoisotopic (exact) mass is 415 g/mol. The quantitative estimate of drug-likeness (QED) is 0.538. The van der Waals surface area contributed by atoms with Gasteiger partial charge in [-0.05, 0) is 80.5 Å². The van der Waals surface area contributed by atoms with Gasteiger partial charge in [-0.25, -0.2) is 14.0 Å². The molecule has 0 aromatic heterocycles. The Balaban J connectivity index is 2.21. The number of nitrogens with zero attached hydrogens (tertiary/aromatic N) is 1. The Labute approximate surface area is 177 Å². The molecule has 1 amide bonds. The van der Waals surface area contributed by atoms with Crippen molar-refractivity contribution in [1.29, 1.82) is 0 Å². The highest BCUT2D eigenvalue weighted by Gasteiger charge is 2.27. The second-order valence-electron chi connectivity index (χ2n) is 7.55. The summed E-state index contributed by atoms with van der Waals surface area (Å²) in [7, 11) is 0. The summed E-state index contributed by atoms with van der Waals surface area (Å²) >= 11 is 0. The maximum absolute atomic E-state index is 13.4. The third-order valence-corrected chi connectivity index (χ3v) is 5.44. The van der Waals surface area contributed by atoms with E-state index in [0.717, 1.165) is 12.0 Å². The molecule has 0 saturated carbocycles. The van der Waals surface area contributed by atoms with E-state index in [2.05, 4.69) is 13.8 Å². The lowest BCUT2D eigenvalue weighted by Crippen LogP contribution is -2.40. The molecule has 0 saturated heterocycles. The lowest BCUT2D eigenvalue weighted by Gasteiger charge is -2.32. The summed E-state index contributed by atoms with van der Waals surface area (Å²) < 4.78 is 18.6. The van der Waals surface area contributed by atoms with Gasteiger partial charge in [0, 0.05) is 11.7 Å². The van der Waals surface area contributed by atoms with Crippen LogP contribution in [-0.2, 0) is 4.74 Å². The molecule has 0 radical (unpaired) electrons. The first-order chi connectivity index (χ1) is 14.3. The van der Waals surface area contributed by atoms with E-state index in [1.54, 1.807) is 36.1 Å². The molecule has 0 aliphatic rings.